The van der Waals surface area contributed by atoms with Crippen LogP contribution in [0.25, 0.3) is 0 Å². The topological polar surface area (TPSA) is 78.3 Å². The van der Waals surface area contributed by atoms with E-state index in [0.717, 1.165) is 17.4 Å². The quantitative estimate of drug-likeness (QED) is 0.638. The van der Waals surface area contributed by atoms with Gasteiger partial charge in [-0.05, 0) is 30.5 Å². The van der Waals surface area contributed by atoms with Gasteiger partial charge in [-0.2, -0.15) is 0 Å². The lowest BCUT2D eigenvalue weighted by Crippen LogP contribution is -2.22. The number of rotatable bonds is 6. The second-order valence-electron chi connectivity index (χ2n) is 6.03. The molecule has 0 spiro atoms. The fourth-order valence-corrected chi connectivity index (χ4v) is 4.14. The number of amides is 1. The largest absolute Gasteiger partial charge is 0.454 e. The van der Waals surface area contributed by atoms with Gasteiger partial charge in [-0.3, -0.25) is 4.79 Å². The zero-order chi connectivity index (χ0) is 18.8. The average Bonchev–Trinajstić information content (AvgIpc) is 3.39. The number of anilines is 1. The summed E-state index contributed by atoms with van der Waals surface area (Å²) in [5, 5.41) is 13.8. The maximum absolute atomic E-state index is 12.5. The van der Waals surface area contributed by atoms with E-state index < -0.39 is 0 Å². The number of carbonyl (C=O) groups is 1. The van der Waals surface area contributed by atoms with Gasteiger partial charge in [0.2, 0.25) is 12.7 Å². The van der Waals surface area contributed by atoms with E-state index in [0.29, 0.717) is 17.2 Å². The van der Waals surface area contributed by atoms with Crippen molar-refractivity contribution in [2.24, 2.45) is 7.05 Å². The van der Waals surface area contributed by atoms with Gasteiger partial charge in [-0.25, -0.2) is 0 Å². The minimum absolute atomic E-state index is 0.110. The number of nitrogens with zero attached hydrogens (tertiary/aromatic N) is 3. The van der Waals surface area contributed by atoms with Gasteiger partial charge in [0.15, 0.2) is 16.7 Å². The Morgan fingerprint density at radius 1 is 1.33 bits per heavy atom. The van der Waals surface area contributed by atoms with Crippen molar-refractivity contribution in [2.75, 3.05) is 12.1 Å². The van der Waals surface area contributed by atoms with E-state index in [2.05, 4.69) is 21.6 Å². The number of benzene rings is 1. The van der Waals surface area contributed by atoms with Crippen LogP contribution in [0.1, 0.15) is 17.6 Å². The van der Waals surface area contributed by atoms with E-state index in [-0.39, 0.29) is 18.0 Å². The molecule has 27 heavy (non-hydrogen) atoms. The van der Waals surface area contributed by atoms with E-state index in [1.165, 1.54) is 16.6 Å². The summed E-state index contributed by atoms with van der Waals surface area (Å²) in [6.45, 7) is 2.06. The zero-order valence-corrected chi connectivity index (χ0v) is 16.5. The summed E-state index contributed by atoms with van der Waals surface area (Å²) >= 11 is 3.07. The van der Waals surface area contributed by atoms with Crippen LogP contribution in [0.3, 0.4) is 0 Å². The molecular weight excluding hydrogens is 384 g/mol. The number of ether oxygens (including phenoxy) is 2. The first-order chi connectivity index (χ1) is 13.1. The normalized spacial score (nSPS) is 13.6. The first kappa shape index (κ1) is 17.9. The highest BCUT2D eigenvalue weighted by Gasteiger charge is 2.20. The van der Waals surface area contributed by atoms with E-state index in [1.807, 2.05) is 30.0 Å². The highest BCUT2D eigenvalue weighted by Crippen LogP contribution is 2.34. The summed E-state index contributed by atoms with van der Waals surface area (Å²) in [5.41, 5.74) is 0.674. The molecule has 2 aromatic heterocycles. The van der Waals surface area contributed by atoms with Crippen LogP contribution < -0.4 is 14.8 Å². The molecule has 0 fully saturated rings. The van der Waals surface area contributed by atoms with Gasteiger partial charge in [0, 0.05) is 30.1 Å². The molecule has 1 aromatic carbocycles. The van der Waals surface area contributed by atoms with E-state index in [4.69, 9.17) is 9.47 Å². The lowest BCUT2D eigenvalue weighted by Gasteiger charge is -2.12. The zero-order valence-electron chi connectivity index (χ0n) is 14.8. The predicted molar refractivity (Wildman–Crippen MR) is 105 cm³/mol. The molecule has 0 aliphatic carbocycles. The van der Waals surface area contributed by atoms with Crippen LogP contribution in [0.2, 0.25) is 0 Å². The van der Waals surface area contributed by atoms with Crippen molar-refractivity contribution < 1.29 is 14.3 Å². The molecular formula is C18H18N4O3S2. The van der Waals surface area contributed by atoms with Gasteiger partial charge in [-0.15, -0.1) is 21.5 Å². The maximum Gasteiger partial charge on any atom is 0.237 e. The second-order valence-corrected chi connectivity index (χ2v) is 8.37. The van der Waals surface area contributed by atoms with Crippen LogP contribution in [0.5, 0.6) is 11.5 Å². The summed E-state index contributed by atoms with van der Waals surface area (Å²) < 4.78 is 12.6. The Bertz CT molecular complexity index is 956. The fourth-order valence-electron chi connectivity index (χ4n) is 2.60. The molecule has 0 unspecified atom stereocenters. The van der Waals surface area contributed by atoms with Crippen molar-refractivity contribution in [3.63, 3.8) is 0 Å². The molecule has 1 aliphatic rings. The van der Waals surface area contributed by atoms with Gasteiger partial charge in [-0.1, -0.05) is 17.8 Å². The van der Waals surface area contributed by atoms with Gasteiger partial charge in [0.25, 0.3) is 0 Å². The number of fused-ring (bicyclic) bond motifs is 1. The molecule has 1 amide bonds. The van der Waals surface area contributed by atoms with Gasteiger partial charge in [0.1, 0.15) is 5.82 Å². The molecule has 3 heterocycles. The molecule has 1 atom stereocenters. The lowest BCUT2D eigenvalue weighted by atomic mass is 10.2. The molecule has 7 nitrogen and oxygen atoms in total. The summed E-state index contributed by atoms with van der Waals surface area (Å²) in [5.74, 6) is 2.09. The smallest absolute Gasteiger partial charge is 0.237 e. The number of carbonyl (C=O) groups excluding carboxylic acids is 1. The van der Waals surface area contributed by atoms with Crippen LogP contribution in [0.15, 0.2) is 40.9 Å². The highest BCUT2D eigenvalue weighted by atomic mass is 32.2. The standard InChI is InChI=1S/C18H18N4O3S2/c1-11(17(23)19-12-5-6-14-15(8-12)25-10-24-14)27-18-21-20-16(22(18)2)9-13-4-3-7-26-13/h3-8,11H,9-10H2,1-2H3,(H,19,23)/t11-/m1/s1. The van der Waals surface area contributed by atoms with Crippen LogP contribution in [-0.4, -0.2) is 32.7 Å². The van der Waals surface area contributed by atoms with Gasteiger partial charge < -0.3 is 19.4 Å². The molecule has 0 saturated carbocycles. The molecule has 1 N–H and O–H groups in total. The van der Waals surface area contributed by atoms with Crippen molar-refractivity contribution in [1.82, 2.24) is 14.8 Å². The van der Waals surface area contributed by atoms with Crippen molar-refractivity contribution in [3.05, 3.63) is 46.4 Å². The Morgan fingerprint density at radius 3 is 3.00 bits per heavy atom. The first-order valence-corrected chi connectivity index (χ1v) is 10.1. The molecule has 1 aliphatic heterocycles. The highest BCUT2D eigenvalue weighted by molar-refractivity contribution is 8.00. The summed E-state index contributed by atoms with van der Waals surface area (Å²) in [4.78, 5) is 13.8. The molecule has 9 heteroatoms. The molecule has 0 radical (unpaired) electrons. The minimum Gasteiger partial charge on any atom is -0.454 e. The number of thioether (sulfide) groups is 1. The molecule has 0 saturated heterocycles. The van der Waals surface area contributed by atoms with Crippen molar-refractivity contribution >= 4 is 34.7 Å². The maximum atomic E-state index is 12.5. The van der Waals surface area contributed by atoms with Crippen molar-refractivity contribution in [2.45, 2.75) is 23.8 Å². The molecule has 140 valence electrons. The summed E-state index contributed by atoms with van der Waals surface area (Å²) in [6.07, 6.45) is 0.736. The Balaban J connectivity index is 1.39. The number of hydrogen-bond acceptors (Lipinski definition) is 7. The van der Waals surface area contributed by atoms with E-state index >= 15 is 0 Å². The Morgan fingerprint density at radius 2 is 2.19 bits per heavy atom. The number of aromatic nitrogens is 3. The Kier molecular flexibility index (Phi) is 5.04. The molecule has 4 rings (SSSR count). The van der Waals surface area contributed by atoms with Crippen LogP contribution in [0.4, 0.5) is 5.69 Å². The molecule has 0 bridgehead atoms. The number of thiophene rings is 1. The van der Waals surface area contributed by atoms with Crippen LogP contribution in [-0.2, 0) is 18.3 Å². The van der Waals surface area contributed by atoms with Crippen molar-refractivity contribution in [1.29, 1.82) is 0 Å². The summed E-state index contributed by atoms with van der Waals surface area (Å²) in [7, 11) is 1.92. The van der Waals surface area contributed by atoms with Gasteiger partial charge in [0.05, 0.1) is 5.25 Å². The first-order valence-electron chi connectivity index (χ1n) is 8.38. The SMILES string of the molecule is C[C@@H](Sc1nnc(Cc2cccs2)n1C)C(=O)Nc1ccc2c(c1)OCO2. The van der Waals surface area contributed by atoms with Crippen LogP contribution in [0, 0.1) is 0 Å². The Labute approximate surface area is 164 Å². The summed E-state index contributed by atoms with van der Waals surface area (Å²) in [6, 6.07) is 9.45. The second kappa shape index (κ2) is 7.61. The van der Waals surface area contributed by atoms with E-state index in [9.17, 15) is 4.79 Å². The predicted octanol–water partition coefficient (Wildman–Crippen LogP) is 3.32. The third-order valence-corrected chi connectivity index (χ3v) is 6.14. The van der Waals surface area contributed by atoms with Crippen molar-refractivity contribution in [3.8, 4) is 11.5 Å². The van der Waals surface area contributed by atoms with Crippen LogP contribution >= 0.6 is 23.1 Å². The third kappa shape index (κ3) is 3.93. The van der Waals surface area contributed by atoms with E-state index in [1.54, 1.807) is 29.5 Å². The monoisotopic (exact) mass is 402 g/mol. The fraction of sp³-hybridized carbons (Fsp3) is 0.278. The lowest BCUT2D eigenvalue weighted by molar-refractivity contribution is -0.115. The number of hydrogen-bond donors (Lipinski definition) is 1. The number of nitrogens with one attached hydrogen (secondary N) is 1. The van der Waals surface area contributed by atoms with Gasteiger partial charge >= 0.3 is 0 Å². The molecule has 3 aromatic rings. The minimum atomic E-state index is -0.326. The third-order valence-electron chi connectivity index (χ3n) is 4.13. The average molecular weight is 403 g/mol. The Hall–Kier alpha value is -2.52.